The van der Waals surface area contributed by atoms with Gasteiger partial charge in [0, 0.05) is 20.3 Å². The fraction of sp³-hybridized carbons (Fsp3) is 0.923. The smallest absolute Gasteiger partial charge is 0.325 e. The minimum atomic E-state index is -0.389. The van der Waals surface area contributed by atoms with Crippen LogP contribution in [0, 0.1) is 0 Å². The Hall–Kier alpha value is -0.690. The molecule has 0 rings (SSSR count). The molecule has 0 aliphatic heterocycles. The van der Waals surface area contributed by atoms with E-state index in [-0.39, 0.29) is 12.0 Å². The second-order valence-corrected chi connectivity index (χ2v) is 4.06. The first-order valence-electron chi connectivity index (χ1n) is 6.71. The Morgan fingerprint density at radius 3 is 2.47 bits per heavy atom. The summed E-state index contributed by atoms with van der Waals surface area (Å²) in [6.45, 7) is 5.53. The van der Waals surface area contributed by atoms with Crippen molar-refractivity contribution in [2.45, 2.75) is 25.8 Å². The molecule has 6 nitrogen and oxygen atoms in total. The van der Waals surface area contributed by atoms with E-state index in [0.717, 1.165) is 19.4 Å². The van der Waals surface area contributed by atoms with Crippen LogP contribution in [0.15, 0.2) is 0 Å². The first-order valence-corrected chi connectivity index (χ1v) is 6.71. The molecule has 1 atom stereocenters. The highest BCUT2D eigenvalue weighted by molar-refractivity contribution is 5.75. The Balaban J connectivity index is 3.55. The number of hydrogen-bond donors (Lipinski definition) is 1. The molecule has 0 aromatic carbocycles. The third-order valence-electron chi connectivity index (χ3n) is 2.42. The Kier molecular flexibility index (Phi) is 13.2. The Labute approximate surface area is 115 Å². The van der Waals surface area contributed by atoms with Crippen LogP contribution in [0.25, 0.3) is 0 Å². The molecule has 19 heavy (non-hydrogen) atoms. The molecule has 0 saturated carbocycles. The van der Waals surface area contributed by atoms with Gasteiger partial charge in [-0.2, -0.15) is 0 Å². The Bertz CT molecular complexity index is 213. The standard InChI is InChI=1S/C13H27NO5/c1-4-6-14-12(13(15)17-3)11-19-8-5-7-18-10-9-16-2/h12,14H,4-11H2,1-3H3. The lowest BCUT2D eigenvalue weighted by molar-refractivity contribution is -0.144. The monoisotopic (exact) mass is 277 g/mol. The van der Waals surface area contributed by atoms with Crippen LogP contribution in [0.1, 0.15) is 19.8 Å². The molecule has 0 spiro atoms. The van der Waals surface area contributed by atoms with Gasteiger partial charge in [-0.25, -0.2) is 0 Å². The largest absolute Gasteiger partial charge is 0.468 e. The number of methoxy groups -OCH3 is 2. The zero-order valence-corrected chi connectivity index (χ0v) is 12.3. The van der Waals surface area contributed by atoms with Gasteiger partial charge >= 0.3 is 5.97 Å². The van der Waals surface area contributed by atoms with E-state index in [1.807, 2.05) is 6.92 Å². The second kappa shape index (κ2) is 13.7. The third kappa shape index (κ3) is 10.9. The average molecular weight is 277 g/mol. The molecule has 0 saturated heterocycles. The fourth-order valence-electron chi connectivity index (χ4n) is 1.38. The first-order chi connectivity index (χ1) is 9.26. The van der Waals surface area contributed by atoms with Crippen LogP contribution < -0.4 is 5.32 Å². The molecule has 0 fully saturated rings. The number of carbonyl (C=O) groups is 1. The molecule has 0 aliphatic rings. The molecule has 0 aromatic heterocycles. The predicted molar refractivity (Wildman–Crippen MR) is 72.2 cm³/mol. The van der Waals surface area contributed by atoms with Crippen molar-refractivity contribution in [3.05, 3.63) is 0 Å². The highest BCUT2D eigenvalue weighted by Gasteiger charge is 2.17. The van der Waals surface area contributed by atoms with Crippen LogP contribution in [0.2, 0.25) is 0 Å². The lowest BCUT2D eigenvalue weighted by atomic mass is 10.3. The number of hydrogen-bond acceptors (Lipinski definition) is 6. The van der Waals surface area contributed by atoms with Gasteiger partial charge in [-0.15, -0.1) is 0 Å². The van der Waals surface area contributed by atoms with E-state index >= 15 is 0 Å². The van der Waals surface area contributed by atoms with Crippen molar-refractivity contribution in [1.29, 1.82) is 0 Å². The second-order valence-electron chi connectivity index (χ2n) is 4.06. The summed E-state index contributed by atoms with van der Waals surface area (Å²) in [6.07, 6.45) is 1.76. The molecule has 1 unspecified atom stereocenters. The van der Waals surface area contributed by atoms with Gasteiger partial charge in [-0.3, -0.25) is 4.79 Å². The summed E-state index contributed by atoms with van der Waals surface area (Å²) in [6, 6.07) is -0.389. The highest BCUT2D eigenvalue weighted by Crippen LogP contribution is 1.93. The van der Waals surface area contributed by atoms with Crippen LogP contribution in [0.5, 0.6) is 0 Å². The maximum atomic E-state index is 11.5. The van der Waals surface area contributed by atoms with Gasteiger partial charge in [0.2, 0.25) is 0 Å². The average Bonchev–Trinajstić information content (AvgIpc) is 2.44. The topological polar surface area (TPSA) is 66.0 Å². The van der Waals surface area contributed by atoms with Crippen LogP contribution in [0.4, 0.5) is 0 Å². The van der Waals surface area contributed by atoms with Crippen LogP contribution in [-0.4, -0.2) is 65.8 Å². The van der Waals surface area contributed by atoms with E-state index in [4.69, 9.17) is 18.9 Å². The summed E-state index contributed by atoms with van der Waals surface area (Å²) in [5.74, 6) is -0.287. The van der Waals surface area contributed by atoms with Crippen molar-refractivity contribution in [2.75, 3.05) is 53.8 Å². The molecule has 6 heteroatoms. The molecule has 1 N–H and O–H groups in total. The molecule has 0 aromatic rings. The normalized spacial score (nSPS) is 12.4. The Morgan fingerprint density at radius 2 is 1.84 bits per heavy atom. The van der Waals surface area contributed by atoms with Crippen LogP contribution in [-0.2, 0) is 23.7 Å². The van der Waals surface area contributed by atoms with E-state index in [9.17, 15) is 4.79 Å². The summed E-state index contributed by atoms with van der Waals surface area (Å²) in [5, 5.41) is 3.09. The van der Waals surface area contributed by atoms with Gasteiger partial charge in [0.25, 0.3) is 0 Å². The van der Waals surface area contributed by atoms with Gasteiger partial charge in [-0.1, -0.05) is 6.92 Å². The van der Waals surface area contributed by atoms with E-state index in [2.05, 4.69) is 5.32 Å². The van der Waals surface area contributed by atoms with E-state index < -0.39 is 0 Å². The zero-order chi connectivity index (χ0) is 14.3. The Morgan fingerprint density at radius 1 is 1.11 bits per heavy atom. The summed E-state index contributed by atoms with van der Waals surface area (Å²) in [7, 11) is 3.02. The van der Waals surface area contributed by atoms with Crippen LogP contribution >= 0.6 is 0 Å². The lowest BCUT2D eigenvalue weighted by Gasteiger charge is -2.16. The number of carbonyl (C=O) groups excluding carboxylic acids is 1. The number of ether oxygens (including phenoxy) is 4. The van der Waals surface area contributed by atoms with Crippen molar-refractivity contribution >= 4 is 5.97 Å². The summed E-state index contributed by atoms with van der Waals surface area (Å²) in [4.78, 5) is 11.5. The molecular formula is C13H27NO5. The molecular weight excluding hydrogens is 250 g/mol. The van der Waals surface area contributed by atoms with E-state index in [0.29, 0.717) is 33.0 Å². The molecule has 114 valence electrons. The van der Waals surface area contributed by atoms with Gasteiger partial charge in [0.15, 0.2) is 0 Å². The molecule has 0 heterocycles. The summed E-state index contributed by atoms with van der Waals surface area (Å²) in [5.41, 5.74) is 0. The minimum Gasteiger partial charge on any atom is -0.468 e. The van der Waals surface area contributed by atoms with Gasteiger partial charge in [0.05, 0.1) is 26.9 Å². The predicted octanol–water partition coefficient (Wildman–Crippen LogP) is 0.597. The quantitative estimate of drug-likeness (QED) is 0.393. The number of nitrogens with one attached hydrogen (secondary N) is 1. The van der Waals surface area contributed by atoms with Crippen molar-refractivity contribution in [3.8, 4) is 0 Å². The molecule has 0 radical (unpaired) electrons. The van der Waals surface area contributed by atoms with Crippen molar-refractivity contribution in [3.63, 3.8) is 0 Å². The lowest BCUT2D eigenvalue weighted by Crippen LogP contribution is -2.41. The zero-order valence-electron chi connectivity index (χ0n) is 12.3. The van der Waals surface area contributed by atoms with Crippen molar-refractivity contribution < 1.29 is 23.7 Å². The number of esters is 1. The highest BCUT2D eigenvalue weighted by atomic mass is 16.5. The minimum absolute atomic E-state index is 0.287. The summed E-state index contributed by atoms with van der Waals surface area (Å²) < 4.78 is 20.3. The van der Waals surface area contributed by atoms with Crippen molar-refractivity contribution in [2.24, 2.45) is 0 Å². The van der Waals surface area contributed by atoms with Crippen molar-refractivity contribution in [1.82, 2.24) is 5.32 Å². The molecule has 0 bridgehead atoms. The third-order valence-corrected chi connectivity index (χ3v) is 2.42. The van der Waals surface area contributed by atoms with E-state index in [1.54, 1.807) is 7.11 Å². The fourth-order valence-corrected chi connectivity index (χ4v) is 1.38. The van der Waals surface area contributed by atoms with Gasteiger partial charge < -0.3 is 24.3 Å². The maximum absolute atomic E-state index is 11.5. The van der Waals surface area contributed by atoms with E-state index in [1.165, 1.54) is 7.11 Å². The van der Waals surface area contributed by atoms with Crippen LogP contribution in [0.3, 0.4) is 0 Å². The first kappa shape index (κ1) is 18.3. The summed E-state index contributed by atoms with van der Waals surface area (Å²) >= 11 is 0. The molecule has 0 aliphatic carbocycles. The maximum Gasteiger partial charge on any atom is 0.325 e. The van der Waals surface area contributed by atoms with Gasteiger partial charge in [0.1, 0.15) is 6.04 Å². The SMILES string of the molecule is CCCNC(COCCCOCCOC)C(=O)OC. The molecule has 0 amide bonds. The van der Waals surface area contributed by atoms with Gasteiger partial charge in [-0.05, 0) is 19.4 Å². The number of rotatable bonds is 13.